The van der Waals surface area contributed by atoms with Gasteiger partial charge in [0.2, 0.25) is 0 Å². The number of rotatable bonds is 3. The van der Waals surface area contributed by atoms with E-state index in [0.29, 0.717) is 0 Å². The second kappa shape index (κ2) is 4.73. The monoisotopic (exact) mass is 157 g/mol. The third-order valence-corrected chi connectivity index (χ3v) is 2.13. The van der Waals surface area contributed by atoms with Crippen molar-refractivity contribution >= 4 is 0 Å². The fourth-order valence-corrected chi connectivity index (χ4v) is 1.27. The quantitative estimate of drug-likeness (QED) is 0.613. The van der Waals surface area contributed by atoms with Crippen LogP contribution in [0.3, 0.4) is 0 Å². The number of hydrogen-bond acceptors (Lipinski definition) is 2. The third kappa shape index (κ3) is 3.73. The van der Waals surface area contributed by atoms with Gasteiger partial charge in [0.15, 0.2) is 0 Å². The minimum atomic E-state index is 0.831. The molecule has 0 unspecified atom stereocenters. The molecule has 1 aliphatic rings. The van der Waals surface area contributed by atoms with Gasteiger partial charge in [0.05, 0.1) is 13.2 Å². The van der Waals surface area contributed by atoms with Gasteiger partial charge in [-0.3, -0.25) is 4.90 Å². The second-order valence-electron chi connectivity index (χ2n) is 3.64. The first-order valence-corrected chi connectivity index (χ1v) is 4.59. The van der Waals surface area contributed by atoms with Gasteiger partial charge in [-0.25, -0.2) is 0 Å². The van der Waals surface area contributed by atoms with Crippen molar-refractivity contribution in [3.63, 3.8) is 0 Å². The van der Waals surface area contributed by atoms with Crippen molar-refractivity contribution in [3.8, 4) is 0 Å². The molecule has 1 aliphatic heterocycles. The number of hydrogen-bond donors (Lipinski definition) is 0. The topological polar surface area (TPSA) is 12.5 Å². The van der Waals surface area contributed by atoms with Crippen LogP contribution in [0.5, 0.6) is 0 Å². The molecule has 11 heavy (non-hydrogen) atoms. The van der Waals surface area contributed by atoms with Crippen LogP contribution in [0, 0.1) is 5.92 Å². The first kappa shape index (κ1) is 9.01. The molecule has 2 heteroatoms. The van der Waals surface area contributed by atoms with Gasteiger partial charge in [-0.2, -0.15) is 0 Å². The number of ether oxygens (including phenoxy) is 1. The normalized spacial score (nSPS) is 21.0. The summed E-state index contributed by atoms with van der Waals surface area (Å²) in [4.78, 5) is 2.49. The van der Waals surface area contributed by atoms with E-state index in [9.17, 15) is 0 Å². The Hall–Kier alpha value is -0.0800. The molecule has 0 saturated carbocycles. The lowest BCUT2D eigenvalue weighted by Crippen LogP contribution is -2.37. The van der Waals surface area contributed by atoms with Gasteiger partial charge in [0.1, 0.15) is 0 Å². The Labute approximate surface area is 69.5 Å². The molecule has 0 aliphatic carbocycles. The molecule has 1 fully saturated rings. The average Bonchev–Trinajstić information content (AvgIpc) is 2.03. The fraction of sp³-hybridized carbons (Fsp3) is 1.00. The first-order valence-electron chi connectivity index (χ1n) is 4.59. The molecule has 1 heterocycles. The average molecular weight is 157 g/mol. The predicted octanol–water partition coefficient (Wildman–Crippen LogP) is 1.36. The van der Waals surface area contributed by atoms with Crippen LogP contribution in [-0.4, -0.2) is 37.7 Å². The summed E-state index contributed by atoms with van der Waals surface area (Å²) in [5.74, 6) is 0.831. The highest BCUT2D eigenvalue weighted by atomic mass is 16.5. The van der Waals surface area contributed by atoms with E-state index in [4.69, 9.17) is 4.74 Å². The van der Waals surface area contributed by atoms with Gasteiger partial charge < -0.3 is 4.74 Å². The summed E-state index contributed by atoms with van der Waals surface area (Å²) in [7, 11) is 0. The SMILES string of the molecule is CC(C)CCN1CCOCC1. The van der Waals surface area contributed by atoms with E-state index in [0.717, 1.165) is 32.2 Å². The number of morpholine rings is 1. The largest absolute Gasteiger partial charge is 0.379 e. The van der Waals surface area contributed by atoms with Gasteiger partial charge in [0.25, 0.3) is 0 Å². The summed E-state index contributed by atoms with van der Waals surface area (Å²) >= 11 is 0. The minimum absolute atomic E-state index is 0.831. The van der Waals surface area contributed by atoms with E-state index in [1.807, 2.05) is 0 Å². The van der Waals surface area contributed by atoms with Crippen molar-refractivity contribution in [1.82, 2.24) is 4.90 Å². The van der Waals surface area contributed by atoms with E-state index in [1.165, 1.54) is 13.0 Å². The molecule has 0 aromatic heterocycles. The summed E-state index contributed by atoms with van der Waals surface area (Å²) in [5, 5.41) is 0. The van der Waals surface area contributed by atoms with Crippen LogP contribution in [-0.2, 0) is 4.74 Å². The van der Waals surface area contributed by atoms with Crippen molar-refractivity contribution in [2.45, 2.75) is 20.3 Å². The Morgan fingerprint density at radius 1 is 1.27 bits per heavy atom. The van der Waals surface area contributed by atoms with Crippen LogP contribution >= 0.6 is 0 Å². The molecule has 2 nitrogen and oxygen atoms in total. The van der Waals surface area contributed by atoms with Crippen LogP contribution in [0.1, 0.15) is 20.3 Å². The Bertz CT molecular complexity index is 97.7. The standard InChI is InChI=1S/C9H19NO/c1-9(2)3-4-10-5-7-11-8-6-10/h9H,3-8H2,1-2H3. The Kier molecular flexibility index (Phi) is 3.87. The van der Waals surface area contributed by atoms with E-state index < -0.39 is 0 Å². The molecule has 0 aromatic rings. The first-order chi connectivity index (χ1) is 5.29. The summed E-state index contributed by atoms with van der Waals surface area (Å²) in [6.45, 7) is 9.93. The van der Waals surface area contributed by atoms with Crippen molar-refractivity contribution in [1.29, 1.82) is 0 Å². The molecule has 1 saturated heterocycles. The van der Waals surface area contributed by atoms with Gasteiger partial charge in [0, 0.05) is 13.1 Å². The highest BCUT2D eigenvalue weighted by Gasteiger charge is 2.09. The lowest BCUT2D eigenvalue weighted by atomic mass is 10.1. The molecule has 0 aromatic carbocycles. The van der Waals surface area contributed by atoms with Crippen molar-refractivity contribution in [2.24, 2.45) is 5.92 Å². The summed E-state index contributed by atoms with van der Waals surface area (Å²) < 4.78 is 5.26. The summed E-state index contributed by atoms with van der Waals surface area (Å²) in [6.07, 6.45) is 1.32. The lowest BCUT2D eigenvalue weighted by molar-refractivity contribution is 0.0360. The summed E-state index contributed by atoms with van der Waals surface area (Å²) in [6, 6.07) is 0. The molecular formula is C9H19NO. The predicted molar refractivity (Wildman–Crippen MR) is 46.7 cm³/mol. The molecule has 0 N–H and O–H groups in total. The van der Waals surface area contributed by atoms with Crippen molar-refractivity contribution in [3.05, 3.63) is 0 Å². The van der Waals surface area contributed by atoms with Gasteiger partial charge in [-0.05, 0) is 18.9 Å². The molecule has 1 rings (SSSR count). The zero-order chi connectivity index (χ0) is 8.10. The zero-order valence-electron chi connectivity index (χ0n) is 7.68. The Balaban J connectivity index is 2.05. The maximum absolute atomic E-state index is 5.26. The fourth-order valence-electron chi connectivity index (χ4n) is 1.27. The van der Waals surface area contributed by atoms with E-state index in [2.05, 4.69) is 18.7 Å². The lowest BCUT2D eigenvalue weighted by Gasteiger charge is -2.26. The molecule has 0 spiro atoms. The Morgan fingerprint density at radius 3 is 2.45 bits per heavy atom. The van der Waals surface area contributed by atoms with Crippen LogP contribution in [0.25, 0.3) is 0 Å². The highest BCUT2D eigenvalue weighted by Crippen LogP contribution is 2.03. The molecular weight excluding hydrogens is 138 g/mol. The smallest absolute Gasteiger partial charge is 0.0594 e. The molecule has 0 atom stereocenters. The zero-order valence-corrected chi connectivity index (χ0v) is 7.68. The van der Waals surface area contributed by atoms with Crippen molar-refractivity contribution < 1.29 is 4.74 Å². The third-order valence-electron chi connectivity index (χ3n) is 2.13. The minimum Gasteiger partial charge on any atom is -0.379 e. The van der Waals surface area contributed by atoms with Gasteiger partial charge in [-0.15, -0.1) is 0 Å². The molecule has 0 bridgehead atoms. The second-order valence-corrected chi connectivity index (χ2v) is 3.64. The van der Waals surface area contributed by atoms with Crippen LogP contribution in [0.2, 0.25) is 0 Å². The highest BCUT2D eigenvalue weighted by molar-refractivity contribution is 4.62. The maximum Gasteiger partial charge on any atom is 0.0594 e. The Morgan fingerprint density at radius 2 is 1.91 bits per heavy atom. The van der Waals surface area contributed by atoms with E-state index >= 15 is 0 Å². The van der Waals surface area contributed by atoms with Gasteiger partial charge >= 0.3 is 0 Å². The van der Waals surface area contributed by atoms with E-state index in [1.54, 1.807) is 0 Å². The van der Waals surface area contributed by atoms with Crippen LogP contribution < -0.4 is 0 Å². The van der Waals surface area contributed by atoms with E-state index in [-0.39, 0.29) is 0 Å². The molecule has 0 radical (unpaired) electrons. The summed E-state index contributed by atoms with van der Waals surface area (Å²) in [5.41, 5.74) is 0. The van der Waals surface area contributed by atoms with Crippen LogP contribution in [0.15, 0.2) is 0 Å². The van der Waals surface area contributed by atoms with Crippen molar-refractivity contribution in [2.75, 3.05) is 32.8 Å². The number of nitrogens with zero attached hydrogens (tertiary/aromatic N) is 1. The van der Waals surface area contributed by atoms with Gasteiger partial charge in [-0.1, -0.05) is 13.8 Å². The molecule has 0 amide bonds. The van der Waals surface area contributed by atoms with Crippen LogP contribution in [0.4, 0.5) is 0 Å². The maximum atomic E-state index is 5.26. The molecule has 66 valence electrons.